The van der Waals surface area contributed by atoms with Gasteiger partial charge < -0.3 is 20.1 Å². The first-order chi connectivity index (χ1) is 8.87. The van der Waals surface area contributed by atoms with Crippen molar-refractivity contribution in [2.45, 2.75) is 32.3 Å². The van der Waals surface area contributed by atoms with Crippen molar-refractivity contribution in [1.29, 1.82) is 0 Å². The van der Waals surface area contributed by atoms with E-state index in [1.807, 2.05) is 12.1 Å². The molecule has 0 aliphatic carbocycles. The molecule has 1 aromatic carbocycles. The van der Waals surface area contributed by atoms with Crippen molar-refractivity contribution in [3.05, 3.63) is 17.7 Å². The van der Waals surface area contributed by atoms with Crippen molar-refractivity contribution in [2.75, 3.05) is 33.0 Å². The number of nitrogen functional groups attached to an aromatic ring is 1. The van der Waals surface area contributed by atoms with Gasteiger partial charge in [0.1, 0.15) is 5.60 Å². The first-order valence-electron chi connectivity index (χ1n) is 6.76. The number of anilines is 1. The Kier molecular flexibility index (Phi) is 3.90. The van der Waals surface area contributed by atoms with Gasteiger partial charge in [0.2, 0.25) is 0 Å². The molecular formula is C15H24N2O2. The van der Waals surface area contributed by atoms with Gasteiger partial charge in [-0.2, -0.15) is 0 Å². The van der Waals surface area contributed by atoms with Crippen molar-refractivity contribution in [1.82, 2.24) is 4.90 Å². The molecule has 0 amide bonds. The maximum Gasteiger partial charge on any atom is 0.165 e. The fourth-order valence-electron chi connectivity index (χ4n) is 2.37. The third-order valence-corrected chi connectivity index (χ3v) is 3.16. The molecule has 4 heteroatoms. The number of fused-ring (bicyclic) bond motifs is 1. The van der Waals surface area contributed by atoms with E-state index in [4.69, 9.17) is 15.2 Å². The fourth-order valence-corrected chi connectivity index (χ4v) is 2.37. The average molecular weight is 264 g/mol. The summed E-state index contributed by atoms with van der Waals surface area (Å²) in [6.07, 6.45) is 1.86. The van der Waals surface area contributed by atoms with Crippen LogP contribution in [0.2, 0.25) is 0 Å². The normalized spacial score (nSPS) is 16.3. The second-order valence-electron chi connectivity index (χ2n) is 6.05. The van der Waals surface area contributed by atoms with Crippen LogP contribution in [0.4, 0.5) is 5.69 Å². The summed E-state index contributed by atoms with van der Waals surface area (Å²) >= 11 is 0. The fraction of sp³-hybridized carbons (Fsp3) is 0.600. The van der Waals surface area contributed by atoms with Gasteiger partial charge >= 0.3 is 0 Å². The van der Waals surface area contributed by atoms with Crippen LogP contribution in [0.5, 0.6) is 11.5 Å². The first kappa shape index (κ1) is 14.0. The molecule has 1 aromatic rings. The van der Waals surface area contributed by atoms with E-state index < -0.39 is 0 Å². The van der Waals surface area contributed by atoms with Gasteiger partial charge in [-0.1, -0.05) is 0 Å². The molecule has 0 bridgehead atoms. The van der Waals surface area contributed by atoms with Gasteiger partial charge in [-0.25, -0.2) is 0 Å². The van der Waals surface area contributed by atoms with Crippen LogP contribution < -0.4 is 15.2 Å². The lowest BCUT2D eigenvalue weighted by Crippen LogP contribution is -2.24. The summed E-state index contributed by atoms with van der Waals surface area (Å²) in [6.45, 7) is 5.85. The minimum atomic E-state index is -0.169. The molecule has 2 N–H and O–H groups in total. The predicted molar refractivity (Wildman–Crippen MR) is 77.9 cm³/mol. The van der Waals surface area contributed by atoms with E-state index in [2.05, 4.69) is 32.8 Å². The van der Waals surface area contributed by atoms with E-state index >= 15 is 0 Å². The van der Waals surface area contributed by atoms with E-state index in [0.717, 1.165) is 42.1 Å². The van der Waals surface area contributed by atoms with Crippen LogP contribution in [0, 0.1) is 0 Å². The van der Waals surface area contributed by atoms with Crippen LogP contribution >= 0.6 is 0 Å². The summed E-state index contributed by atoms with van der Waals surface area (Å²) in [6, 6.07) is 3.84. The highest BCUT2D eigenvalue weighted by atomic mass is 16.5. The molecule has 0 radical (unpaired) electrons. The van der Waals surface area contributed by atoms with E-state index in [-0.39, 0.29) is 5.60 Å². The van der Waals surface area contributed by atoms with Crippen molar-refractivity contribution in [2.24, 2.45) is 0 Å². The Balaban J connectivity index is 2.06. The Bertz CT molecular complexity index is 456. The zero-order valence-electron chi connectivity index (χ0n) is 12.3. The monoisotopic (exact) mass is 264 g/mol. The highest BCUT2D eigenvalue weighted by Gasteiger charge is 2.32. The Morgan fingerprint density at radius 2 is 2.11 bits per heavy atom. The van der Waals surface area contributed by atoms with Gasteiger partial charge in [-0.3, -0.25) is 0 Å². The molecule has 1 aliphatic heterocycles. The molecule has 0 unspecified atom stereocenters. The molecule has 2 rings (SSSR count). The molecule has 1 heterocycles. The van der Waals surface area contributed by atoms with Crippen LogP contribution in [-0.4, -0.2) is 37.7 Å². The lowest BCUT2D eigenvalue weighted by Gasteiger charge is -2.18. The molecule has 4 nitrogen and oxygen atoms in total. The molecule has 0 saturated heterocycles. The predicted octanol–water partition coefficient (Wildman–Crippen LogP) is 2.31. The van der Waals surface area contributed by atoms with Crippen LogP contribution in [0.1, 0.15) is 25.8 Å². The number of nitrogens with two attached hydrogens (primary N) is 1. The third-order valence-electron chi connectivity index (χ3n) is 3.16. The van der Waals surface area contributed by atoms with Crippen LogP contribution in [0.15, 0.2) is 12.1 Å². The third kappa shape index (κ3) is 3.53. The maximum atomic E-state index is 5.97. The molecule has 1 aliphatic rings. The minimum absolute atomic E-state index is 0.169. The zero-order valence-corrected chi connectivity index (χ0v) is 12.3. The van der Waals surface area contributed by atoms with E-state index in [1.165, 1.54) is 0 Å². The molecule has 0 spiro atoms. The number of rotatable bonds is 5. The van der Waals surface area contributed by atoms with Crippen LogP contribution in [0.3, 0.4) is 0 Å². The summed E-state index contributed by atoms with van der Waals surface area (Å²) in [7, 11) is 4.12. The highest BCUT2D eigenvalue weighted by molar-refractivity contribution is 5.59. The van der Waals surface area contributed by atoms with Gasteiger partial charge in [-0.15, -0.1) is 0 Å². The number of ether oxygens (including phenoxy) is 2. The van der Waals surface area contributed by atoms with Crippen LogP contribution in [-0.2, 0) is 6.42 Å². The lowest BCUT2D eigenvalue weighted by molar-refractivity contribution is 0.131. The standard InChI is InChI=1S/C15H24N2O2/c1-15(2)10-11-8-12(16)9-13(14(11)19-15)18-7-5-6-17(3)4/h8-9H,5-7,10,16H2,1-4H3. The Morgan fingerprint density at radius 1 is 1.37 bits per heavy atom. The molecular weight excluding hydrogens is 240 g/mol. The molecule has 106 valence electrons. The number of hydrogen-bond acceptors (Lipinski definition) is 4. The summed E-state index contributed by atoms with van der Waals surface area (Å²) in [5, 5.41) is 0. The van der Waals surface area contributed by atoms with E-state index in [0.29, 0.717) is 6.61 Å². The zero-order chi connectivity index (χ0) is 14.0. The SMILES string of the molecule is CN(C)CCCOc1cc(N)cc2c1OC(C)(C)C2. The Labute approximate surface area is 115 Å². The molecule has 0 fully saturated rings. The second-order valence-corrected chi connectivity index (χ2v) is 6.05. The average Bonchev–Trinajstić information content (AvgIpc) is 2.58. The second kappa shape index (κ2) is 5.29. The Hall–Kier alpha value is -1.42. The quantitative estimate of drug-likeness (QED) is 0.655. The van der Waals surface area contributed by atoms with Gasteiger partial charge in [0.25, 0.3) is 0 Å². The van der Waals surface area contributed by atoms with E-state index in [1.54, 1.807) is 0 Å². The molecule has 0 saturated carbocycles. The van der Waals surface area contributed by atoms with Crippen molar-refractivity contribution in [3.63, 3.8) is 0 Å². The minimum Gasteiger partial charge on any atom is -0.490 e. The number of hydrogen-bond donors (Lipinski definition) is 1. The largest absolute Gasteiger partial charge is 0.490 e. The van der Waals surface area contributed by atoms with Gasteiger partial charge in [0.05, 0.1) is 6.61 Å². The topological polar surface area (TPSA) is 47.7 Å². The van der Waals surface area contributed by atoms with Crippen LogP contribution in [0.25, 0.3) is 0 Å². The Morgan fingerprint density at radius 3 is 2.79 bits per heavy atom. The first-order valence-corrected chi connectivity index (χ1v) is 6.76. The van der Waals surface area contributed by atoms with Crippen molar-refractivity contribution in [3.8, 4) is 11.5 Å². The summed E-state index contributed by atoms with van der Waals surface area (Å²) in [4.78, 5) is 2.15. The maximum absolute atomic E-state index is 5.97. The van der Waals surface area contributed by atoms with E-state index in [9.17, 15) is 0 Å². The number of nitrogens with zero attached hydrogens (tertiary/aromatic N) is 1. The lowest BCUT2D eigenvalue weighted by atomic mass is 10.0. The molecule has 0 atom stereocenters. The summed E-state index contributed by atoms with van der Waals surface area (Å²) in [5.74, 6) is 1.64. The summed E-state index contributed by atoms with van der Waals surface area (Å²) in [5.41, 5.74) is 7.64. The smallest absolute Gasteiger partial charge is 0.165 e. The van der Waals surface area contributed by atoms with Gasteiger partial charge in [0, 0.05) is 30.3 Å². The highest BCUT2D eigenvalue weighted by Crippen LogP contribution is 2.43. The molecule has 19 heavy (non-hydrogen) atoms. The molecule has 0 aromatic heterocycles. The van der Waals surface area contributed by atoms with Gasteiger partial charge in [0.15, 0.2) is 11.5 Å². The van der Waals surface area contributed by atoms with Gasteiger partial charge in [-0.05, 0) is 40.4 Å². The number of benzene rings is 1. The van der Waals surface area contributed by atoms with Crippen molar-refractivity contribution < 1.29 is 9.47 Å². The summed E-state index contributed by atoms with van der Waals surface area (Å²) < 4.78 is 11.8. The van der Waals surface area contributed by atoms with Crippen molar-refractivity contribution >= 4 is 5.69 Å².